The Hall–Kier alpha value is -2.86. The molecule has 1 aromatic heterocycles. The number of allylic oxidation sites excluding steroid dienone is 1. The summed E-state index contributed by atoms with van der Waals surface area (Å²) in [5.74, 6) is 0.366. The van der Waals surface area contributed by atoms with Gasteiger partial charge in [0.05, 0.1) is 6.42 Å². The quantitative estimate of drug-likeness (QED) is 0.503. The molecule has 1 aromatic carbocycles. The Balaban J connectivity index is 1.46. The Morgan fingerprint density at radius 2 is 1.78 bits per heavy atom. The number of carbonyl (C=O) groups excluding carboxylic acids is 1. The van der Waals surface area contributed by atoms with Crippen LogP contribution in [0.15, 0.2) is 72.0 Å². The number of aliphatic carboxylic acids is 1. The lowest BCUT2D eigenvalue weighted by Gasteiger charge is -2.39. The minimum atomic E-state index is -0.759. The van der Waals surface area contributed by atoms with Gasteiger partial charge in [0.25, 0.3) is 0 Å². The maximum Gasteiger partial charge on any atom is 0.317 e. The highest BCUT2D eigenvalue weighted by molar-refractivity contribution is 8.09. The largest absolute Gasteiger partial charge is 0.480 e. The van der Waals surface area contributed by atoms with E-state index in [1.807, 2.05) is 41.3 Å². The minimum Gasteiger partial charge on any atom is -0.480 e. The van der Waals surface area contributed by atoms with Gasteiger partial charge in [-0.2, -0.15) is 0 Å². The number of hydrogen-bond donors (Lipinski definition) is 1. The molecule has 3 aliphatic rings. The number of carboxylic acids is 1. The molecule has 3 heterocycles. The van der Waals surface area contributed by atoms with Gasteiger partial charge >= 0.3 is 5.97 Å². The van der Waals surface area contributed by atoms with Crippen LogP contribution in [0.3, 0.4) is 0 Å². The van der Waals surface area contributed by atoms with E-state index in [0.717, 1.165) is 41.3 Å². The molecule has 0 radical (unpaired) electrons. The molecule has 1 amide bonds. The smallest absolute Gasteiger partial charge is 0.317 e. The number of nitrogens with zero attached hydrogens (tertiary/aromatic N) is 2. The van der Waals surface area contributed by atoms with Gasteiger partial charge in [-0.25, -0.2) is 0 Å². The predicted octanol–water partition coefficient (Wildman–Crippen LogP) is 5.84. The van der Waals surface area contributed by atoms with E-state index in [4.69, 9.17) is 0 Å². The van der Waals surface area contributed by atoms with E-state index in [-0.39, 0.29) is 11.8 Å². The van der Waals surface area contributed by atoms with E-state index in [2.05, 4.69) is 30.1 Å². The first-order chi connectivity index (χ1) is 17.5. The fraction of sp³-hybridized carbons (Fsp3) is 0.433. The molecule has 2 aromatic rings. The van der Waals surface area contributed by atoms with Crippen LogP contribution in [0.25, 0.3) is 4.91 Å². The van der Waals surface area contributed by atoms with Crippen LogP contribution < -0.4 is 0 Å². The number of amides is 1. The Kier molecular flexibility index (Phi) is 7.61. The van der Waals surface area contributed by atoms with Crippen LogP contribution >= 0.6 is 11.8 Å². The molecule has 1 fully saturated rings. The van der Waals surface area contributed by atoms with Crippen molar-refractivity contribution in [3.05, 3.63) is 83.2 Å². The number of carbonyl (C=O) groups is 2. The molecule has 0 bridgehead atoms. The van der Waals surface area contributed by atoms with E-state index in [1.165, 1.54) is 35.7 Å². The summed E-state index contributed by atoms with van der Waals surface area (Å²) >= 11 is 1.47. The predicted molar refractivity (Wildman–Crippen MR) is 144 cm³/mol. The number of carboxylic acid groups (broad SMARTS) is 1. The van der Waals surface area contributed by atoms with Gasteiger partial charge in [-0.05, 0) is 54.4 Å². The second kappa shape index (κ2) is 11.0. The first-order valence-electron chi connectivity index (χ1n) is 13.1. The summed E-state index contributed by atoms with van der Waals surface area (Å²) in [5, 5.41) is 9.64. The number of pyridine rings is 1. The van der Waals surface area contributed by atoms with Crippen molar-refractivity contribution in [1.82, 2.24) is 9.88 Å². The van der Waals surface area contributed by atoms with Crippen molar-refractivity contribution in [2.45, 2.75) is 50.7 Å². The molecule has 36 heavy (non-hydrogen) atoms. The number of rotatable bonds is 6. The average Bonchev–Trinajstić information content (AvgIpc) is 3.36. The molecule has 2 aliphatic heterocycles. The Bertz CT molecular complexity index is 1150. The highest BCUT2D eigenvalue weighted by atomic mass is 32.2. The zero-order chi connectivity index (χ0) is 25.1. The molecule has 1 saturated carbocycles. The molecule has 5 nitrogen and oxygen atoms in total. The molecule has 5 rings (SSSR count). The molecule has 6 heteroatoms. The molecule has 1 N–H and O–H groups in total. The summed E-state index contributed by atoms with van der Waals surface area (Å²) in [7, 11) is 0. The van der Waals surface area contributed by atoms with E-state index in [1.54, 1.807) is 6.20 Å². The van der Waals surface area contributed by atoms with Crippen molar-refractivity contribution in [2.75, 3.05) is 13.1 Å². The van der Waals surface area contributed by atoms with Gasteiger partial charge in [0.2, 0.25) is 5.91 Å². The van der Waals surface area contributed by atoms with Gasteiger partial charge in [0.1, 0.15) is 5.25 Å². The molecular weight excluding hydrogens is 468 g/mol. The highest BCUT2D eigenvalue weighted by Gasteiger charge is 2.40. The van der Waals surface area contributed by atoms with Gasteiger partial charge in [-0.1, -0.05) is 67.8 Å². The molecule has 1 aliphatic carbocycles. The van der Waals surface area contributed by atoms with Gasteiger partial charge in [-0.15, -0.1) is 11.8 Å². The van der Waals surface area contributed by atoms with Crippen molar-refractivity contribution < 1.29 is 14.7 Å². The summed E-state index contributed by atoms with van der Waals surface area (Å²) in [5.41, 5.74) is 4.46. The molecular formula is C30H34N2O3S. The van der Waals surface area contributed by atoms with Gasteiger partial charge < -0.3 is 10.0 Å². The first kappa shape index (κ1) is 24.8. The van der Waals surface area contributed by atoms with Crippen molar-refractivity contribution in [2.24, 2.45) is 17.8 Å². The fourth-order valence-corrected chi connectivity index (χ4v) is 7.18. The lowest BCUT2D eigenvalue weighted by Crippen LogP contribution is -2.41. The topological polar surface area (TPSA) is 70.5 Å². The van der Waals surface area contributed by atoms with Crippen molar-refractivity contribution in [1.29, 1.82) is 0 Å². The second-order valence-electron chi connectivity index (χ2n) is 10.4. The van der Waals surface area contributed by atoms with E-state index >= 15 is 0 Å². The Morgan fingerprint density at radius 1 is 1.03 bits per heavy atom. The zero-order valence-electron chi connectivity index (χ0n) is 20.8. The van der Waals surface area contributed by atoms with Crippen molar-refractivity contribution in [3.8, 4) is 0 Å². The molecule has 2 atom stereocenters. The summed E-state index contributed by atoms with van der Waals surface area (Å²) in [6, 6.07) is 15.8. The number of benzene rings is 1. The number of aromatic nitrogens is 1. The van der Waals surface area contributed by atoms with Crippen LogP contribution in [0.2, 0.25) is 0 Å². The van der Waals surface area contributed by atoms with E-state index in [0.29, 0.717) is 25.4 Å². The standard InChI is InChI=1S/C30H34N2O3S/c1-20-10-12-21(13-11-20)26-19-32(28(33)17-23-9-5-6-15-31-23)16-14-24(26)25-18-27(36-29(25)30(34)35)22-7-3-2-4-8-22/h2-9,15,18,20-21,25,29H,10-14,16-17,19H2,1H3,(H,34,35). The average molecular weight is 503 g/mol. The Labute approximate surface area is 217 Å². The van der Waals surface area contributed by atoms with Crippen LogP contribution in [0, 0.1) is 17.8 Å². The van der Waals surface area contributed by atoms with Crippen molar-refractivity contribution >= 4 is 28.5 Å². The molecule has 188 valence electrons. The summed E-state index contributed by atoms with van der Waals surface area (Å²) < 4.78 is 0. The first-order valence-corrected chi connectivity index (χ1v) is 13.9. The summed E-state index contributed by atoms with van der Waals surface area (Å²) in [4.78, 5) is 33.0. The monoisotopic (exact) mass is 502 g/mol. The SMILES string of the molecule is CC1CCC(C2=C(C3C=C(c4ccccc4)SC3C(=O)O)CCN(C(=O)Cc3ccccn3)C2)CC1. The third-order valence-corrected chi connectivity index (χ3v) is 9.33. The second-order valence-corrected chi connectivity index (χ2v) is 11.6. The Morgan fingerprint density at radius 3 is 2.47 bits per heavy atom. The van der Waals surface area contributed by atoms with Crippen LogP contribution in [0.4, 0.5) is 0 Å². The van der Waals surface area contributed by atoms with Gasteiger partial charge in [0.15, 0.2) is 0 Å². The molecule has 0 saturated heterocycles. The third-order valence-electron chi connectivity index (χ3n) is 7.96. The molecule has 0 spiro atoms. The third kappa shape index (κ3) is 5.44. The van der Waals surface area contributed by atoms with Crippen LogP contribution in [-0.2, 0) is 16.0 Å². The van der Waals surface area contributed by atoms with E-state index in [9.17, 15) is 14.7 Å². The maximum atomic E-state index is 13.2. The maximum absolute atomic E-state index is 13.2. The normalized spacial score (nSPS) is 26.6. The lowest BCUT2D eigenvalue weighted by molar-refractivity contribution is -0.137. The van der Waals surface area contributed by atoms with Crippen LogP contribution in [0.5, 0.6) is 0 Å². The fourth-order valence-electron chi connectivity index (χ4n) is 5.92. The zero-order valence-corrected chi connectivity index (χ0v) is 21.6. The van der Waals surface area contributed by atoms with Gasteiger partial charge in [-0.3, -0.25) is 14.6 Å². The highest BCUT2D eigenvalue weighted by Crippen LogP contribution is 2.49. The summed E-state index contributed by atoms with van der Waals surface area (Å²) in [6.45, 7) is 3.57. The van der Waals surface area contributed by atoms with E-state index < -0.39 is 11.2 Å². The summed E-state index contributed by atoms with van der Waals surface area (Å²) in [6.07, 6.45) is 9.58. The number of hydrogen-bond acceptors (Lipinski definition) is 4. The van der Waals surface area contributed by atoms with Crippen LogP contribution in [-0.4, -0.2) is 45.2 Å². The van der Waals surface area contributed by atoms with Gasteiger partial charge in [0, 0.05) is 35.8 Å². The molecule has 2 unspecified atom stereocenters. The van der Waals surface area contributed by atoms with Crippen molar-refractivity contribution in [3.63, 3.8) is 0 Å². The lowest BCUT2D eigenvalue weighted by atomic mass is 9.74. The minimum absolute atomic E-state index is 0.102. The van der Waals surface area contributed by atoms with Crippen LogP contribution in [0.1, 0.15) is 50.3 Å². The number of thioether (sulfide) groups is 1.